The highest BCUT2D eigenvalue weighted by molar-refractivity contribution is 5.19. The molecule has 3 unspecified atom stereocenters. The summed E-state index contributed by atoms with van der Waals surface area (Å²) in [7, 11) is 0. The van der Waals surface area contributed by atoms with Crippen LogP contribution in [-0.2, 0) is 0 Å². The Kier molecular flexibility index (Phi) is 3.40. The van der Waals surface area contributed by atoms with Crippen LogP contribution in [-0.4, -0.2) is 23.0 Å². The third-order valence-corrected chi connectivity index (χ3v) is 4.80. The van der Waals surface area contributed by atoms with E-state index >= 15 is 0 Å². The number of piperidine rings is 2. The van der Waals surface area contributed by atoms with Crippen LogP contribution in [0.3, 0.4) is 0 Å². The molecular weight excluding hydrogens is 220 g/mol. The normalized spacial score (nSPS) is 34.2. The van der Waals surface area contributed by atoms with E-state index in [2.05, 4.69) is 42.2 Å². The first-order chi connectivity index (χ1) is 8.75. The lowest BCUT2D eigenvalue weighted by Crippen LogP contribution is -2.55. The molecular formula is C16H24N2. The van der Waals surface area contributed by atoms with E-state index < -0.39 is 0 Å². The molecule has 3 atom stereocenters. The van der Waals surface area contributed by atoms with E-state index in [1.54, 1.807) is 0 Å². The number of benzene rings is 1. The fraction of sp³-hybridized carbons (Fsp3) is 0.625. The van der Waals surface area contributed by atoms with Gasteiger partial charge in [0.1, 0.15) is 0 Å². The van der Waals surface area contributed by atoms with Crippen LogP contribution >= 0.6 is 0 Å². The topological polar surface area (TPSA) is 29.3 Å². The molecule has 2 heteroatoms. The van der Waals surface area contributed by atoms with E-state index in [9.17, 15) is 0 Å². The fourth-order valence-corrected chi connectivity index (χ4v) is 4.00. The van der Waals surface area contributed by atoms with E-state index in [4.69, 9.17) is 5.73 Å². The van der Waals surface area contributed by atoms with Crippen LogP contribution in [0.1, 0.15) is 50.6 Å². The van der Waals surface area contributed by atoms with Crippen LogP contribution < -0.4 is 5.73 Å². The van der Waals surface area contributed by atoms with Gasteiger partial charge in [-0.15, -0.1) is 0 Å². The van der Waals surface area contributed by atoms with Crippen molar-refractivity contribution in [3.05, 3.63) is 35.9 Å². The molecule has 2 N–H and O–H groups in total. The number of nitrogens with zero attached hydrogens (tertiary/aromatic N) is 1. The monoisotopic (exact) mass is 244 g/mol. The molecule has 2 bridgehead atoms. The molecule has 1 aromatic carbocycles. The van der Waals surface area contributed by atoms with Crippen LogP contribution in [0.25, 0.3) is 0 Å². The number of hydrogen-bond donors (Lipinski definition) is 1. The Balaban J connectivity index is 1.83. The van der Waals surface area contributed by atoms with Crippen LogP contribution in [0.5, 0.6) is 0 Å². The summed E-state index contributed by atoms with van der Waals surface area (Å²) in [5.41, 5.74) is 7.65. The predicted molar refractivity (Wildman–Crippen MR) is 75.3 cm³/mol. The highest BCUT2D eigenvalue weighted by Crippen LogP contribution is 2.39. The summed E-state index contributed by atoms with van der Waals surface area (Å²) in [5.74, 6) is 0. The van der Waals surface area contributed by atoms with Crippen molar-refractivity contribution in [1.29, 1.82) is 0 Å². The van der Waals surface area contributed by atoms with Gasteiger partial charge >= 0.3 is 0 Å². The Labute approximate surface area is 110 Å². The van der Waals surface area contributed by atoms with Crippen molar-refractivity contribution in [2.45, 2.75) is 63.2 Å². The molecule has 1 aromatic rings. The summed E-state index contributed by atoms with van der Waals surface area (Å²) >= 11 is 0. The van der Waals surface area contributed by atoms with Crippen molar-refractivity contribution in [2.75, 3.05) is 0 Å². The van der Waals surface area contributed by atoms with Crippen LogP contribution in [0.4, 0.5) is 0 Å². The van der Waals surface area contributed by atoms with E-state index in [0.717, 1.165) is 0 Å². The molecule has 2 fully saturated rings. The van der Waals surface area contributed by atoms with Gasteiger partial charge in [0.2, 0.25) is 0 Å². The average Bonchev–Trinajstić information content (AvgIpc) is 2.38. The van der Waals surface area contributed by atoms with Gasteiger partial charge in [0, 0.05) is 24.2 Å². The van der Waals surface area contributed by atoms with Gasteiger partial charge in [-0.3, -0.25) is 4.90 Å². The SMILES string of the molecule is CC(c1ccccc1)N1C2CCCC1CC(N)C2. The third kappa shape index (κ3) is 2.19. The van der Waals surface area contributed by atoms with E-state index in [-0.39, 0.29) is 0 Å². The first-order valence-electron chi connectivity index (χ1n) is 7.33. The van der Waals surface area contributed by atoms with Gasteiger partial charge in [0.05, 0.1) is 0 Å². The summed E-state index contributed by atoms with van der Waals surface area (Å²) in [4.78, 5) is 2.75. The minimum absolute atomic E-state index is 0.430. The average molecular weight is 244 g/mol. The molecule has 2 aliphatic rings. The third-order valence-electron chi connectivity index (χ3n) is 4.80. The van der Waals surface area contributed by atoms with Crippen LogP contribution in [0.15, 0.2) is 30.3 Å². The lowest BCUT2D eigenvalue weighted by atomic mass is 9.80. The lowest BCUT2D eigenvalue weighted by Gasteiger charge is -2.51. The van der Waals surface area contributed by atoms with Crippen LogP contribution in [0.2, 0.25) is 0 Å². The molecule has 2 heterocycles. The summed E-state index contributed by atoms with van der Waals surface area (Å²) in [6, 6.07) is 13.3. The standard InChI is InChI=1S/C16H24N2/c1-12(13-6-3-2-4-7-13)18-15-8-5-9-16(18)11-14(17)10-15/h2-4,6-7,12,14-16H,5,8-11,17H2,1H3. The molecule has 0 saturated carbocycles. The van der Waals surface area contributed by atoms with Gasteiger partial charge in [-0.05, 0) is 38.2 Å². The van der Waals surface area contributed by atoms with E-state index in [1.165, 1.54) is 37.7 Å². The van der Waals surface area contributed by atoms with E-state index in [1.807, 2.05) is 0 Å². The molecule has 2 nitrogen and oxygen atoms in total. The zero-order valence-electron chi connectivity index (χ0n) is 11.3. The highest BCUT2D eigenvalue weighted by atomic mass is 15.2. The lowest BCUT2D eigenvalue weighted by molar-refractivity contribution is -0.000510. The second-order valence-electron chi connectivity index (χ2n) is 6.00. The minimum atomic E-state index is 0.430. The molecule has 98 valence electrons. The van der Waals surface area contributed by atoms with Crippen molar-refractivity contribution in [2.24, 2.45) is 5.73 Å². The summed E-state index contributed by atoms with van der Waals surface area (Å²) in [5, 5.41) is 0. The molecule has 2 saturated heterocycles. The smallest absolute Gasteiger partial charge is 0.0325 e. The molecule has 2 aliphatic heterocycles. The Bertz CT molecular complexity index is 375. The molecule has 0 spiro atoms. The largest absolute Gasteiger partial charge is 0.328 e. The van der Waals surface area contributed by atoms with Crippen molar-refractivity contribution in [3.63, 3.8) is 0 Å². The first kappa shape index (κ1) is 12.2. The van der Waals surface area contributed by atoms with Crippen molar-refractivity contribution >= 4 is 0 Å². The zero-order chi connectivity index (χ0) is 12.5. The molecule has 18 heavy (non-hydrogen) atoms. The summed E-state index contributed by atoms with van der Waals surface area (Å²) in [6.45, 7) is 2.36. The van der Waals surface area contributed by atoms with E-state index in [0.29, 0.717) is 24.2 Å². The van der Waals surface area contributed by atoms with Gasteiger partial charge in [-0.2, -0.15) is 0 Å². The maximum absolute atomic E-state index is 6.20. The van der Waals surface area contributed by atoms with Gasteiger partial charge < -0.3 is 5.73 Å². The first-order valence-corrected chi connectivity index (χ1v) is 7.33. The Morgan fingerprint density at radius 3 is 2.33 bits per heavy atom. The molecule has 0 aromatic heterocycles. The van der Waals surface area contributed by atoms with Crippen molar-refractivity contribution in [1.82, 2.24) is 4.90 Å². The quantitative estimate of drug-likeness (QED) is 0.866. The fourth-order valence-electron chi connectivity index (χ4n) is 4.00. The number of hydrogen-bond acceptors (Lipinski definition) is 2. The predicted octanol–water partition coefficient (Wildman–Crippen LogP) is 3.09. The second kappa shape index (κ2) is 5.02. The summed E-state index contributed by atoms with van der Waals surface area (Å²) < 4.78 is 0. The molecule has 3 rings (SSSR count). The molecule has 0 aliphatic carbocycles. The maximum atomic E-state index is 6.20. The van der Waals surface area contributed by atoms with Crippen molar-refractivity contribution in [3.8, 4) is 0 Å². The second-order valence-corrected chi connectivity index (χ2v) is 6.00. The van der Waals surface area contributed by atoms with Crippen molar-refractivity contribution < 1.29 is 0 Å². The maximum Gasteiger partial charge on any atom is 0.0325 e. The number of nitrogens with two attached hydrogens (primary N) is 1. The Hall–Kier alpha value is -0.860. The highest BCUT2D eigenvalue weighted by Gasteiger charge is 2.39. The van der Waals surface area contributed by atoms with Gasteiger partial charge in [-0.1, -0.05) is 36.8 Å². The number of rotatable bonds is 2. The molecule has 0 radical (unpaired) electrons. The summed E-state index contributed by atoms with van der Waals surface area (Å²) in [6.07, 6.45) is 6.43. The Morgan fingerprint density at radius 2 is 1.72 bits per heavy atom. The molecule has 0 amide bonds. The number of fused-ring (bicyclic) bond motifs is 2. The van der Waals surface area contributed by atoms with Gasteiger partial charge in [0.15, 0.2) is 0 Å². The van der Waals surface area contributed by atoms with Gasteiger partial charge in [0.25, 0.3) is 0 Å². The minimum Gasteiger partial charge on any atom is -0.328 e. The zero-order valence-corrected chi connectivity index (χ0v) is 11.3. The van der Waals surface area contributed by atoms with Crippen LogP contribution in [0, 0.1) is 0 Å². The Morgan fingerprint density at radius 1 is 1.11 bits per heavy atom. The van der Waals surface area contributed by atoms with Gasteiger partial charge in [-0.25, -0.2) is 0 Å².